The van der Waals surface area contributed by atoms with E-state index in [4.69, 9.17) is 5.73 Å². The van der Waals surface area contributed by atoms with E-state index in [1.165, 1.54) is 0 Å². The number of aromatic amines is 2. The van der Waals surface area contributed by atoms with Crippen molar-refractivity contribution in [1.82, 2.24) is 9.97 Å². The second-order valence-electron chi connectivity index (χ2n) is 8.94. The summed E-state index contributed by atoms with van der Waals surface area (Å²) in [6.07, 6.45) is 4.46. The minimum absolute atomic E-state index is 0.139. The summed E-state index contributed by atoms with van der Waals surface area (Å²) in [6.45, 7) is 0. The number of hydrogen-bond donors (Lipinski definition) is 3. The molecule has 0 aliphatic carbocycles. The molecule has 2 heterocycles. The quantitative estimate of drug-likeness (QED) is 0.310. The Bertz CT molecular complexity index is 1680. The molecule has 0 saturated heterocycles. The van der Waals surface area contributed by atoms with Gasteiger partial charge in [0.25, 0.3) is 0 Å². The summed E-state index contributed by atoms with van der Waals surface area (Å²) < 4.78 is 0. The van der Waals surface area contributed by atoms with Gasteiger partial charge < -0.3 is 15.7 Å². The third kappa shape index (κ3) is 5.49. The van der Waals surface area contributed by atoms with Crippen LogP contribution >= 0.6 is 0 Å². The highest BCUT2D eigenvalue weighted by Crippen LogP contribution is 2.25. The SMILES string of the molecule is NC(=O)c1cccc(Cc2ccc(-c3cc[nH]c(=O)c3)cc2)c1Cc1ccc(-c2cc[nH]c(=O)c2)cc1. The summed E-state index contributed by atoms with van der Waals surface area (Å²) in [7, 11) is 0. The Morgan fingerprint density at radius 2 is 1.14 bits per heavy atom. The molecule has 0 fully saturated rings. The van der Waals surface area contributed by atoms with E-state index in [2.05, 4.69) is 9.97 Å². The average Bonchev–Trinajstić information content (AvgIpc) is 2.90. The fraction of sp³-hybridized carbons (Fsp3) is 0.0645. The lowest BCUT2D eigenvalue weighted by Crippen LogP contribution is -2.15. The van der Waals surface area contributed by atoms with Gasteiger partial charge in [-0.1, -0.05) is 60.7 Å². The number of nitrogens with one attached hydrogen (secondary N) is 2. The van der Waals surface area contributed by atoms with Gasteiger partial charge in [-0.05, 0) is 75.5 Å². The Kier molecular flexibility index (Phi) is 6.64. The Morgan fingerprint density at radius 3 is 1.62 bits per heavy atom. The van der Waals surface area contributed by atoms with E-state index in [-0.39, 0.29) is 11.1 Å². The number of benzene rings is 3. The highest BCUT2D eigenvalue weighted by molar-refractivity contribution is 5.94. The predicted octanol–water partition coefficient (Wildman–Crippen LogP) is 4.68. The van der Waals surface area contributed by atoms with Crippen LogP contribution < -0.4 is 16.9 Å². The molecule has 0 bridgehead atoms. The summed E-state index contributed by atoms with van der Waals surface area (Å²) in [5, 5.41) is 0. The Hall–Kier alpha value is -4.97. The smallest absolute Gasteiger partial charge is 0.248 e. The molecule has 5 rings (SSSR count). The van der Waals surface area contributed by atoms with Gasteiger partial charge >= 0.3 is 0 Å². The zero-order chi connectivity index (χ0) is 25.8. The number of H-pyrrole nitrogens is 2. The Balaban J connectivity index is 1.42. The van der Waals surface area contributed by atoms with Crippen LogP contribution in [0.15, 0.2) is 113 Å². The van der Waals surface area contributed by atoms with Crippen LogP contribution in [-0.2, 0) is 12.8 Å². The first kappa shape index (κ1) is 23.8. The molecule has 0 radical (unpaired) electrons. The van der Waals surface area contributed by atoms with Crippen LogP contribution in [-0.4, -0.2) is 15.9 Å². The molecule has 0 atom stereocenters. The molecule has 0 unspecified atom stereocenters. The van der Waals surface area contributed by atoms with Crippen LogP contribution in [0.3, 0.4) is 0 Å². The molecular formula is C31H25N3O3. The molecular weight excluding hydrogens is 462 g/mol. The number of nitrogens with two attached hydrogens (primary N) is 1. The van der Waals surface area contributed by atoms with Gasteiger partial charge in [-0.2, -0.15) is 0 Å². The first-order valence-electron chi connectivity index (χ1n) is 11.9. The van der Waals surface area contributed by atoms with Gasteiger partial charge in [0.1, 0.15) is 0 Å². The van der Waals surface area contributed by atoms with Crippen molar-refractivity contribution in [3.05, 3.63) is 152 Å². The second kappa shape index (κ2) is 10.3. The Morgan fingerprint density at radius 1 is 0.622 bits per heavy atom. The van der Waals surface area contributed by atoms with Crippen molar-refractivity contribution in [2.75, 3.05) is 0 Å². The van der Waals surface area contributed by atoms with E-state index in [9.17, 15) is 14.4 Å². The molecule has 1 amide bonds. The molecule has 0 spiro atoms. The average molecular weight is 488 g/mol. The van der Waals surface area contributed by atoms with Gasteiger partial charge in [-0.25, -0.2) is 0 Å². The largest absolute Gasteiger partial charge is 0.366 e. The van der Waals surface area contributed by atoms with E-state index >= 15 is 0 Å². The number of amides is 1. The van der Waals surface area contributed by atoms with Crippen LogP contribution in [0.4, 0.5) is 0 Å². The van der Waals surface area contributed by atoms with Gasteiger partial charge in [0.2, 0.25) is 17.0 Å². The maximum absolute atomic E-state index is 12.3. The minimum atomic E-state index is -0.457. The number of pyridine rings is 2. The Labute approximate surface area is 213 Å². The fourth-order valence-electron chi connectivity index (χ4n) is 4.54. The molecule has 6 heteroatoms. The summed E-state index contributed by atoms with van der Waals surface area (Å²) >= 11 is 0. The first-order valence-corrected chi connectivity index (χ1v) is 11.9. The lowest BCUT2D eigenvalue weighted by atomic mass is 9.90. The topological polar surface area (TPSA) is 109 Å². The van der Waals surface area contributed by atoms with E-state index in [1.807, 2.05) is 72.8 Å². The van der Waals surface area contributed by atoms with Crippen molar-refractivity contribution in [3.8, 4) is 22.3 Å². The van der Waals surface area contributed by atoms with Gasteiger partial charge in [-0.15, -0.1) is 0 Å². The van der Waals surface area contributed by atoms with Crippen LogP contribution in [0.25, 0.3) is 22.3 Å². The van der Waals surface area contributed by atoms with E-state index in [0.29, 0.717) is 18.4 Å². The van der Waals surface area contributed by atoms with Crippen LogP contribution in [0.2, 0.25) is 0 Å². The number of carbonyl (C=O) groups is 1. The highest BCUT2D eigenvalue weighted by atomic mass is 16.1. The summed E-state index contributed by atoms with van der Waals surface area (Å²) in [6, 6.07) is 28.5. The van der Waals surface area contributed by atoms with Crippen molar-refractivity contribution >= 4 is 5.91 Å². The lowest BCUT2D eigenvalue weighted by molar-refractivity contribution is 0.0999. The summed E-state index contributed by atoms with van der Waals surface area (Å²) in [5.74, 6) is -0.457. The molecule has 182 valence electrons. The number of hydrogen-bond acceptors (Lipinski definition) is 3. The number of aromatic nitrogens is 2. The van der Waals surface area contributed by atoms with Crippen LogP contribution in [0.1, 0.15) is 32.6 Å². The number of carbonyl (C=O) groups excluding carboxylic acids is 1. The maximum atomic E-state index is 12.3. The van der Waals surface area contributed by atoms with E-state index < -0.39 is 5.91 Å². The zero-order valence-electron chi connectivity index (χ0n) is 20.0. The molecule has 4 N–H and O–H groups in total. The second-order valence-corrected chi connectivity index (χ2v) is 8.94. The fourth-order valence-corrected chi connectivity index (χ4v) is 4.54. The summed E-state index contributed by atoms with van der Waals surface area (Å²) in [5.41, 5.74) is 13.6. The van der Waals surface area contributed by atoms with E-state index in [1.54, 1.807) is 30.6 Å². The van der Waals surface area contributed by atoms with Crippen molar-refractivity contribution in [3.63, 3.8) is 0 Å². The molecule has 0 saturated carbocycles. The normalized spacial score (nSPS) is 10.8. The third-order valence-corrected chi connectivity index (χ3v) is 6.44. The van der Waals surface area contributed by atoms with Crippen molar-refractivity contribution in [2.45, 2.75) is 12.8 Å². The van der Waals surface area contributed by atoms with Crippen LogP contribution in [0.5, 0.6) is 0 Å². The lowest BCUT2D eigenvalue weighted by Gasteiger charge is -2.14. The maximum Gasteiger partial charge on any atom is 0.248 e. The molecule has 37 heavy (non-hydrogen) atoms. The molecule has 0 aliphatic heterocycles. The number of primary amides is 1. The van der Waals surface area contributed by atoms with E-state index in [0.717, 1.165) is 44.5 Å². The van der Waals surface area contributed by atoms with Gasteiger partial charge in [0.05, 0.1) is 0 Å². The monoisotopic (exact) mass is 487 g/mol. The minimum Gasteiger partial charge on any atom is -0.366 e. The zero-order valence-corrected chi connectivity index (χ0v) is 20.0. The third-order valence-electron chi connectivity index (χ3n) is 6.44. The van der Waals surface area contributed by atoms with Gasteiger partial charge in [-0.3, -0.25) is 14.4 Å². The number of rotatable bonds is 7. The highest BCUT2D eigenvalue weighted by Gasteiger charge is 2.14. The summed E-state index contributed by atoms with van der Waals surface area (Å²) in [4.78, 5) is 40.8. The van der Waals surface area contributed by atoms with Gasteiger partial charge in [0, 0.05) is 30.1 Å². The molecule has 5 aromatic rings. The van der Waals surface area contributed by atoms with Crippen LogP contribution in [0, 0.1) is 0 Å². The van der Waals surface area contributed by atoms with Gasteiger partial charge in [0.15, 0.2) is 0 Å². The molecule has 6 nitrogen and oxygen atoms in total. The molecule has 0 aliphatic rings. The van der Waals surface area contributed by atoms with Crippen molar-refractivity contribution in [1.29, 1.82) is 0 Å². The molecule has 2 aromatic heterocycles. The first-order chi connectivity index (χ1) is 18.0. The predicted molar refractivity (Wildman–Crippen MR) is 146 cm³/mol. The van der Waals surface area contributed by atoms with Crippen molar-refractivity contribution < 1.29 is 4.79 Å². The van der Waals surface area contributed by atoms with Crippen molar-refractivity contribution in [2.24, 2.45) is 5.73 Å². The molecule has 3 aromatic carbocycles. The standard InChI is InChI=1S/C31H25N3O3/c32-31(37)27-3-1-2-26(16-20-4-8-22(9-5-20)24-12-14-33-29(35)18-24)28(27)17-21-6-10-23(11-7-21)25-13-15-34-30(36)19-25/h1-15,18-19H,16-17H2,(H2,32,37)(H,33,35)(H,34,36).